The molecule has 0 aromatic carbocycles. The Kier molecular flexibility index (Phi) is 6.56. The number of nitrogens with one attached hydrogen (secondary N) is 1. The lowest BCUT2D eigenvalue weighted by molar-refractivity contribution is 0.128. The van der Waals surface area contributed by atoms with E-state index in [0.717, 1.165) is 30.4 Å². The Hall–Kier alpha value is -1.36. The Bertz CT molecular complexity index is 384. The van der Waals surface area contributed by atoms with Crippen LogP contribution in [0.25, 0.3) is 0 Å². The van der Waals surface area contributed by atoms with Gasteiger partial charge in [-0.1, -0.05) is 6.92 Å². The Morgan fingerprint density at radius 1 is 1.32 bits per heavy atom. The van der Waals surface area contributed by atoms with Gasteiger partial charge in [0.25, 0.3) is 0 Å². The first kappa shape index (κ1) is 15.7. The normalized spacial score (nSPS) is 12.3. The Labute approximate surface area is 116 Å². The maximum absolute atomic E-state index is 5.40. The standard InChI is InChI=1S/C14H26N4O/c1-6-11(4)18(5)14-9-12(15-7-2)16-13(17-14)10-19-8-3/h9,11H,6-8,10H2,1-5H3,(H,15,16,17). The van der Waals surface area contributed by atoms with Gasteiger partial charge in [0.2, 0.25) is 0 Å². The van der Waals surface area contributed by atoms with Crippen LogP contribution < -0.4 is 10.2 Å². The average molecular weight is 266 g/mol. The summed E-state index contributed by atoms with van der Waals surface area (Å²) in [5.41, 5.74) is 0. The van der Waals surface area contributed by atoms with Gasteiger partial charge in [0.1, 0.15) is 18.2 Å². The molecule has 5 nitrogen and oxygen atoms in total. The van der Waals surface area contributed by atoms with Gasteiger partial charge in [-0.15, -0.1) is 0 Å². The van der Waals surface area contributed by atoms with Gasteiger partial charge in [0, 0.05) is 32.3 Å². The van der Waals surface area contributed by atoms with Gasteiger partial charge in [-0.3, -0.25) is 0 Å². The van der Waals surface area contributed by atoms with Crippen molar-refractivity contribution >= 4 is 11.6 Å². The van der Waals surface area contributed by atoms with E-state index >= 15 is 0 Å². The summed E-state index contributed by atoms with van der Waals surface area (Å²) >= 11 is 0. The number of hydrogen-bond acceptors (Lipinski definition) is 5. The largest absolute Gasteiger partial charge is 0.374 e. The van der Waals surface area contributed by atoms with Crippen LogP contribution in [0.2, 0.25) is 0 Å². The molecule has 0 aliphatic rings. The fraction of sp³-hybridized carbons (Fsp3) is 0.714. The molecule has 1 unspecified atom stereocenters. The number of anilines is 2. The van der Waals surface area contributed by atoms with Crippen LogP contribution in [0.3, 0.4) is 0 Å². The van der Waals surface area contributed by atoms with Crippen LogP contribution in [0.5, 0.6) is 0 Å². The van der Waals surface area contributed by atoms with Crippen molar-refractivity contribution in [2.24, 2.45) is 0 Å². The fourth-order valence-electron chi connectivity index (χ4n) is 1.69. The summed E-state index contributed by atoms with van der Waals surface area (Å²) in [6.45, 7) is 10.4. The highest BCUT2D eigenvalue weighted by Gasteiger charge is 2.12. The highest BCUT2D eigenvalue weighted by molar-refractivity contribution is 5.49. The zero-order chi connectivity index (χ0) is 14.3. The minimum atomic E-state index is 0.448. The lowest BCUT2D eigenvalue weighted by Crippen LogP contribution is -2.29. The quantitative estimate of drug-likeness (QED) is 0.784. The van der Waals surface area contributed by atoms with E-state index in [1.54, 1.807) is 0 Å². The third-order valence-corrected chi connectivity index (χ3v) is 3.17. The second-order valence-corrected chi connectivity index (χ2v) is 4.56. The number of nitrogens with zero attached hydrogens (tertiary/aromatic N) is 3. The first-order chi connectivity index (χ1) is 9.12. The maximum Gasteiger partial charge on any atom is 0.158 e. The van der Waals surface area contributed by atoms with E-state index in [2.05, 4.69) is 48.0 Å². The molecule has 0 amide bonds. The van der Waals surface area contributed by atoms with Crippen molar-refractivity contribution in [1.29, 1.82) is 0 Å². The highest BCUT2D eigenvalue weighted by atomic mass is 16.5. The summed E-state index contributed by atoms with van der Waals surface area (Å²) in [5.74, 6) is 2.53. The summed E-state index contributed by atoms with van der Waals surface area (Å²) in [6, 6.07) is 2.44. The van der Waals surface area contributed by atoms with Gasteiger partial charge < -0.3 is 15.0 Å². The lowest BCUT2D eigenvalue weighted by atomic mass is 10.2. The van der Waals surface area contributed by atoms with Gasteiger partial charge in [0.05, 0.1) is 0 Å². The van der Waals surface area contributed by atoms with Crippen molar-refractivity contribution in [2.45, 2.75) is 46.8 Å². The second kappa shape index (κ2) is 7.94. The zero-order valence-corrected chi connectivity index (χ0v) is 12.7. The van der Waals surface area contributed by atoms with Gasteiger partial charge in [-0.05, 0) is 27.2 Å². The predicted octanol–water partition coefficient (Wildman–Crippen LogP) is 2.68. The number of aromatic nitrogens is 2. The van der Waals surface area contributed by atoms with Gasteiger partial charge in [-0.2, -0.15) is 0 Å². The fourth-order valence-corrected chi connectivity index (χ4v) is 1.69. The third-order valence-electron chi connectivity index (χ3n) is 3.17. The summed E-state index contributed by atoms with van der Waals surface area (Å²) < 4.78 is 5.40. The molecule has 5 heteroatoms. The highest BCUT2D eigenvalue weighted by Crippen LogP contribution is 2.18. The van der Waals surface area contributed by atoms with Crippen LogP contribution in [0.15, 0.2) is 6.07 Å². The van der Waals surface area contributed by atoms with Crippen LogP contribution in [0, 0.1) is 0 Å². The van der Waals surface area contributed by atoms with Crippen LogP contribution in [-0.2, 0) is 11.3 Å². The third kappa shape index (κ3) is 4.67. The van der Waals surface area contributed by atoms with Crippen molar-refractivity contribution in [3.8, 4) is 0 Å². The van der Waals surface area contributed by atoms with Crippen LogP contribution >= 0.6 is 0 Å². The van der Waals surface area contributed by atoms with Gasteiger partial charge in [-0.25, -0.2) is 9.97 Å². The van der Waals surface area contributed by atoms with E-state index in [1.165, 1.54) is 0 Å². The van der Waals surface area contributed by atoms with Crippen molar-refractivity contribution in [2.75, 3.05) is 30.4 Å². The molecule has 1 rings (SSSR count). The molecule has 0 aliphatic heterocycles. The molecule has 1 atom stereocenters. The molecule has 0 saturated heterocycles. The first-order valence-electron chi connectivity index (χ1n) is 7.04. The zero-order valence-electron chi connectivity index (χ0n) is 12.7. The molecule has 19 heavy (non-hydrogen) atoms. The SMILES string of the molecule is CCNc1cc(N(C)C(C)CC)nc(COCC)n1. The minimum Gasteiger partial charge on any atom is -0.374 e. The van der Waals surface area contributed by atoms with E-state index in [4.69, 9.17) is 4.74 Å². The Balaban J connectivity index is 2.97. The van der Waals surface area contributed by atoms with E-state index in [9.17, 15) is 0 Å². The molecule has 0 aliphatic carbocycles. The van der Waals surface area contributed by atoms with Crippen molar-refractivity contribution in [3.63, 3.8) is 0 Å². The van der Waals surface area contributed by atoms with Gasteiger partial charge >= 0.3 is 0 Å². The predicted molar refractivity (Wildman–Crippen MR) is 79.7 cm³/mol. The van der Waals surface area contributed by atoms with Crippen LogP contribution in [0.4, 0.5) is 11.6 Å². The molecule has 0 spiro atoms. The molecule has 1 aromatic rings. The van der Waals surface area contributed by atoms with E-state index in [-0.39, 0.29) is 0 Å². The Morgan fingerprint density at radius 2 is 2.05 bits per heavy atom. The molecule has 0 fully saturated rings. The first-order valence-corrected chi connectivity index (χ1v) is 7.04. The van der Waals surface area contributed by atoms with E-state index in [0.29, 0.717) is 19.3 Å². The molecule has 1 aromatic heterocycles. The number of rotatable bonds is 8. The van der Waals surface area contributed by atoms with Crippen molar-refractivity contribution in [3.05, 3.63) is 11.9 Å². The lowest BCUT2D eigenvalue weighted by Gasteiger charge is -2.25. The van der Waals surface area contributed by atoms with Crippen molar-refractivity contribution < 1.29 is 4.74 Å². The summed E-state index contributed by atoms with van der Waals surface area (Å²) in [5, 5.41) is 3.24. The van der Waals surface area contributed by atoms with Crippen molar-refractivity contribution in [1.82, 2.24) is 9.97 Å². The van der Waals surface area contributed by atoms with E-state index < -0.39 is 0 Å². The monoisotopic (exact) mass is 266 g/mol. The summed E-state index contributed by atoms with van der Waals surface area (Å²) in [7, 11) is 2.07. The summed E-state index contributed by atoms with van der Waals surface area (Å²) in [6.07, 6.45) is 1.08. The molecule has 1 N–H and O–H groups in total. The topological polar surface area (TPSA) is 50.3 Å². The maximum atomic E-state index is 5.40. The van der Waals surface area contributed by atoms with Gasteiger partial charge in [0.15, 0.2) is 5.82 Å². The smallest absolute Gasteiger partial charge is 0.158 e. The number of ether oxygens (including phenoxy) is 1. The second-order valence-electron chi connectivity index (χ2n) is 4.56. The molecule has 0 saturated carbocycles. The Morgan fingerprint density at radius 3 is 2.63 bits per heavy atom. The van der Waals surface area contributed by atoms with Crippen LogP contribution in [-0.4, -0.2) is 36.2 Å². The molecule has 0 bridgehead atoms. The summed E-state index contributed by atoms with van der Waals surface area (Å²) in [4.78, 5) is 11.2. The molecule has 1 heterocycles. The molecular weight excluding hydrogens is 240 g/mol. The minimum absolute atomic E-state index is 0.448. The average Bonchev–Trinajstić information content (AvgIpc) is 2.43. The molecule has 0 radical (unpaired) electrons. The van der Waals surface area contributed by atoms with E-state index in [1.807, 2.05) is 13.0 Å². The molecule has 108 valence electrons. The number of hydrogen-bond donors (Lipinski definition) is 1. The molecular formula is C14H26N4O. The van der Waals surface area contributed by atoms with Crippen LogP contribution in [0.1, 0.15) is 39.9 Å².